The van der Waals surface area contributed by atoms with Crippen LogP contribution in [-0.2, 0) is 4.79 Å². The van der Waals surface area contributed by atoms with E-state index >= 15 is 0 Å². The number of thioether (sulfide) groups is 2. The van der Waals surface area contributed by atoms with Crippen molar-refractivity contribution in [1.82, 2.24) is 10.2 Å². The summed E-state index contributed by atoms with van der Waals surface area (Å²) in [5.74, 6) is -0.708. The lowest BCUT2D eigenvalue weighted by Gasteiger charge is -2.10. The van der Waals surface area contributed by atoms with E-state index < -0.39 is 5.82 Å². The highest BCUT2D eigenvalue weighted by Gasteiger charge is 2.17. The molecule has 1 heterocycles. The maximum absolute atomic E-state index is 13.1. The first-order valence-corrected chi connectivity index (χ1v) is 8.81. The molecule has 2 rings (SSSR count). The van der Waals surface area contributed by atoms with Gasteiger partial charge in [0.25, 0.3) is 0 Å². The van der Waals surface area contributed by atoms with Crippen LogP contribution in [0.4, 0.5) is 15.8 Å². The molecule has 21 heavy (non-hydrogen) atoms. The van der Waals surface area contributed by atoms with Crippen molar-refractivity contribution in [1.29, 1.82) is 0 Å². The topological polar surface area (TPSA) is 80.9 Å². The van der Waals surface area contributed by atoms with E-state index in [9.17, 15) is 9.18 Å². The lowest BCUT2D eigenvalue weighted by atomic mass is 10.2. The molecule has 1 unspecified atom stereocenters. The van der Waals surface area contributed by atoms with Crippen molar-refractivity contribution in [3.63, 3.8) is 0 Å². The number of carbonyl (C=O) groups is 1. The number of hydrogen-bond acceptors (Lipinski definition) is 7. The third kappa shape index (κ3) is 4.32. The summed E-state index contributed by atoms with van der Waals surface area (Å²) in [6.45, 7) is 1.77. The fourth-order valence-corrected chi connectivity index (χ4v) is 3.98. The SMILES string of the molecule is CSc1nnc(SC(C)C(=O)Nc2ccc(F)c(N)c2)s1. The highest BCUT2D eigenvalue weighted by molar-refractivity contribution is 8.03. The Hall–Kier alpha value is -1.32. The van der Waals surface area contributed by atoms with Gasteiger partial charge in [0.2, 0.25) is 5.91 Å². The Morgan fingerprint density at radius 1 is 1.43 bits per heavy atom. The molecule has 0 bridgehead atoms. The fourth-order valence-electron chi connectivity index (χ4n) is 1.40. The van der Waals surface area contributed by atoms with Crippen LogP contribution in [0.3, 0.4) is 0 Å². The normalized spacial score (nSPS) is 12.1. The summed E-state index contributed by atoms with van der Waals surface area (Å²) < 4.78 is 14.7. The van der Waals surface area contributed by atoms with Crippen molar-refractivity contribution < 1.29 is 9.18 Å². The largest absolute Gasteiger partial charge is 0.396 e. The minimum absolute atomic E-state index is 0.00171. The van der Waals surface area contributed by atoms with Crippen LogP contribution in [0.1, 0.15) is 6.92 Å². The van der Waals surface area contributed by atoms with Crippen LogP contribution in [0.2, 0.25) is 0 Å². The van der Waals surface area contributed by atoms with E-state index in [1.165, 1.54) is 53.1 Å². The summed E-state index contributed by atoms with van der Waals surface area (Å²) in [4.78, 5) is 12.1. The Bertz CT molecular complexity index is 649. The number of nitrogen functional groups attached to an aromatic ring is 1. The van der Waals surface area contributed by atoms with Crippen LogP contribution in [0.25, 0.3) is 0 Å². The van der Waals surface area contributed by atoms with Crippen LogP contribution < -0.4 is 11.1 Å². The molecular weight excluding hydrogens is 331 g/mol. The summed E-state index contributed by atoms with van der Waals surface area (Å²) in [6, 6.07) is 4.08. The molecule has 0 radical (unpaired) electrons. The second kappa shape index (κ2) is 7.10. The molecule has 0 fully saturated rings. The molecular formula is C12H13FN4OS3. The van der Waals surface area contributed by atoms with Crippen molar-refractivity contribution >= 4 is 52.1 Å². The van der Waals surface area contributed by atoms with E-state index in [0.29, 0.717) is 5.69 Å². The number of nitrogens with one attached hydrogen (secondary N) is 1. The molecule has 3 N–H and O–H groups in total. The maximum atomic E-state index is 13.1. The number of nitrogens with two attached hydrogens (primary N) is 1. The number of hydrogen-bond donors (Lipinski definition) is 2. The van der Waals surface area contributed by atoms with Gasteiger partial charge in [-0.15, -0.1) is 10.2 Å². The minimum Gasteiger partial charge on any atom is -0.396 e. The minimum atomic E-state index is -0.506. The highest BCUT2D eigenvalue weighted by Crippen LogP contribution is 2.30. The molecule has 0 saturated heterocycles. The summed E-state index contributed by atoms with van der Waals surface area (Å²) >= 11 is 4.28. The standard InChI is InChI=1S/C12H13FN4OS3/c1-6(20-12-17-16-11(19-2)21-12)10(18)15-7-3-4-8(13)9(14)5-7/h3-6H,14H2,1-2H3,(H,15,18). The van der Waals surface area contributed by atoms with E-state index in [2.05, 4.69) is 15.5 Å². The van der Waals surface area contributed by atoms with Crippen LogP contribution in [-0.4, -0.2) is 27.6 Å². The fraction of sp³-hybridized carbons (Fsp3) is 0.250. The molecule has 2 aromatic rings. The number of benzene rings is 1. The summed E-state index contributed by atoms with van der Waals surface area (Å²) in [7, 11) is 0. The van der Waals surface area contributed by atoms with E-state index in [1.54, 1.807) is 6.92 Å². The van der Waals surface area contributed by atoms with Gasteiger partial charge in [0, 0.05) is 5.69 Å². The molecule has 0 saturated carbocycles. The lowest BCUT2D eigenvalue weighted by molar-refractivity contribution is -0.115. The Morgan fingerprint density at radius 2 is 2.14 bits per heavy atom. The summed E-state index contributed by atoms with van der Waals surface area (Å²) in [6.07, 6.45) is 1.92. The Morgan fingerprint density at radius 3 is 2.76 bits per heavy atom. The predicted octanol–water partition coefficient (Wildman–Crippen LogP) is 3.10. The quantitative estimate of drug-likeness (QED) is 0.641. The highest BCUT2D eigenvalue weighted by atomic mass is 32.2. The molecule has 1 aromatic heterocycles. The zero-order valence-electron chi connectivity index (χ0n) is 11.3. The maximum Gasteiger partial charge on any atom is 0.237 e. The Kier molecular flexibility index (Phi) is 5.43. The average molecular weight is 344 g/mol. The van der Waals surface area contributed by atoms with Gasteiger partial charge in [-0.1, -0.05) is 34.9 Å². The number of nitrogens with zero attached hydrogens (tertiary/aromatic N) is 2. The van der Waals surface area contributed by atoms with E-state index in [0.717, 1.165) is 8.68 Å². The Labute approximate surface area is 133 Å². The van der Waals surface area contributed by atoms with Gasteiger partial charge in [-0.05, 0) is 31.4 Å². The number of amides is 1. The molecule has 1 amide bonds. The van der Waals surface area contributed by atoms with E-state index in [-0.39, 0.29) is 16.8 Å². The van der Waals surface area contributed by atoms with Crippen molar-refractivity contribution in [2.45, 2.75) is 20.9 Å². The average Bonchev–Trinajstić information content (AvgIpc) is 2.90. The number of halogens is 1. The third-order valence-electron chi connectivity index (χ3n) is 2.47. The van der Waals surface area contributed by atoms with Crippen molar-refractivity contribution in [3.05, 3.63) is 24.0 Å². The van der Waals surface area contributed by atoms with Gasteiger partial charge in [0.15, 0.2) is 8.68 Å². The Balaban J connectivity index is 1.97. The van der Waals surface area contributed by atoms with Crippen LogP contribution in [0.15, 0.2) is 26.9 Å². The molecule has 0 spiro atoms. The molecule has 0 aliphatic carbocycles. The molecule has 1 atom stereocenters. The first-order chi connectivity index (χ1) is 9.99. The third-order valence-corrected chi connectivity index (χ3v) is 5.56. The smallest absolute Gasteiger partial charge is 0.237 e. The predicted molar refractivity (Wildman–Crippen MR) is 86.5 cm³/mol. The van der Waals surface area contributed by atoms with Gasteiger partial charge in [-0.2, -0.15) is 0 Å². The van der Waals surface area contributed by atoms with Gasteiger partial charge in [-0.3, -0.25) is 4.79 Å². The molecule has 0 aliphatic rings. The first kappa shape index (κ1) is 16.1. The summed E-state index contributed by atoms with van der Waals surface area (Å²) in [5, 5.41) is 10.3. The second-order valence-corrected chi connectivity index (χ2v) is 7.64. The van der Waals surface area contributed by atoms with Crippen molar-refractivity contribution in [2.24, 2.45) is 0 Å². The van der Waals surface area contributed by atoms with E-state index in [4.69, 9.17) is 5.73 Å². The van der Waals surface area contributed by atoms with Crippen molar-refractivity contribution in [2.75, 3.05) is 17.3 Å². The van der Waals surface area contributed by atoms with Crippen LogP contribution >= 0.6 is 34.9 Å². The number of aromatic nitrogens is 2. The van der Waals surface area contributed by atoms with Gasteiger partial charge < -0.3 is 11.1 Å². The van der Waals surface area contributed by atoms with Gasteiger partial charge in [-0.25, -0.2) is 4.39 Å². The summed E-state index contributed by atoms with van der Waals surface area (Å²) in [5.41, 5.74) is 5.93. The molecule has 112 valence electrons. The number of carbonyl (C=O) groups excluding carboxylic acids is 1. The van der Waals surface area contributed by atoms with Crippen LogP contribution in [0, 0.1) is 5.82 Å². The lowest BCUT2D eigenvalue weighted by Crippen LogP contribution is -2.22. The van der Waals surface area contributed by atoms with Gasteiger partial charge in [0.05, 0.1) is 10.9 Å². The zero-order chi connectivity index (χ0) is 15.4. The van der Waals surface area contributed by atoms with Crippen LogP contribution in [0.5, 0.6) is 0 Å². The number of rotatable bonds is 5. The van der Waals surface area contributed by atoms with Gasteiger partial charge >= 0.3 is 0 Å². The van der Waals surface area contributed by atoms with Gasteiger partial charge in [0.1, 0.15) is 5.82 Å². The zero-order valence-corrected chi connectivity index (χ0v) is 13.7. The molecule has 1 aromatic carbocycles. The molecule has 9 heteroatoms. The number of anilines is 2. The molecule has 0 aliphatic heterocycles. The first-order valence-electron chi connectivity index (χ1n) is 5.89. The monoisotopic (exact) mass is 344 g/mol. The van der Waals surface area contributed by atoms with Crippen molar-refractivity contribution in [3.8, 4) is 0 Å². The van der Waals surface area contributed by atoms with E-state index in [1.807, 2.05) is 6.26 Å². The molecule has 5 nitrogen and oxygen atoms in total. The second-order valence-electron chi connectivity index (χ2n) is 4.02.